The van der Waals surface area contributed by atoms with E-state index in [4.69, 9.17) is 5.73 Å². The van der Waals surface area contributed by atoms with Gasteiger partial charge in [0.1, 0.15) is 11.4 Å². The summed E-state index contributed by atoms with van der Waals surface area (Å²) in [6, 6.07) is 2.67. The van der Waals surface area contributed by atoms with E-state index in [1.807, 2.05) is 0 Å². The minimum atomic E-state index is -1.39. The van der Waals surface area contributed by atoms with Crippen molar-refractivity contribution in [3.8, 4) is 0 Å². The highest BCUT2D eigenvalue weighted by Gasteiger charge is 2.28. The minimum absolute atomic E-state index is 0.324. The summed E-state index contributed by atoms with van der Waals surface area (Å²) < 4.78 is 12.9. The van der Waals surface area contributed by atoms with E-state index in [0.29, 0.717) is 30.3 Å². The van der Waals surface area contributed by atoms with Crippen LogP contribution in [-0.4, -0.2) is 33.1 Å². The van der Waals surface area contributed by atoms with Crippen LogP contribution in [-0.2, 0) is 5.60 Å². The number of aromatic nitrogens is 3. The summed E-state index contributed by atoms with van der Waals surface area (Å²) in [5, 5.41) is 13.4. The van der Waals surface area contributed by atoms with Crippen LogP contribution in [0.25, 0.3) is 0 Å². The Balaban J connectivity index is 2.22. The van der Waals surface area contributed by atoms with Gasteiger partial charge in [-0.15, -0.1) is 0 Å². The van der Waals surface area contributed by atoms with Crippen molar-refractivity contribution in [2.75, 3.05) is 18.4 Å². The third-order valence-corrected chi connectivity index (χ3v) is 2.87. The quantitative estimate of drug-likeness (QED) is 0.742. The highest BCUT2D eigenvalue weighted by Crippen LogP contribution is 2.26. The van der Waals surface area contributed by atoms with E-state index in [1.54, 1.807) is 6.92 Å². The average Bonchev–Trinajstić information content (AvgIpc) is 2.46. The van der Waals surface area contributed by atoms with Crippen LogP contribution < -0.4 is 11.1 Å². The van der Waals surface area contributed by atoms with Crippen LogP contribution in [0.15, 0.2) is 30.7 Å². The van der Waals surface area contributed by atoms with E-state index >= 15 is 0 Å². The van der Waals surface area contributed by atoms with Gasteiger partial charge in [-0.05, 0) is 19.1 Å². The number of halogens is 1. The standard InChI is InChI=1S/C13H16FN5O/c1-13(20,11-3-2-10(14)8-17-11)9-6-18-12(19-7-9)16-5-4-15/h2-3,6-8,20H,4-5,15H2,1H3,(H,16,18,19)/t13-/m1/s1. The lowest BCUT2D eigenvalue weighted by molar-refractivity contribution is 0.0965. The zero-order valence-corrected chi connectivity index (χ0v) is 11.0. The summed E-state index contributed by atoms with van der Waals surface area (Å²) in [5.41, 5.74) is 4.77. The van der Waals surface area contributed by atoms with Gasteiger partial charge in [0, 0.05) is 31.0 Å². The lowest BCUT2D eigenvalue weighted by Gasteiger charge is -2.22. The van der Waals surface area contributed by atoms with Crippen molar-refractivity contribution in [1.82, 2.24) is 15.0 Å². The maximum Gasteiger partial charge on any atom is 0.222 e. The Morgan fingerprint density at radius 1 is 1.25 bits per heavy atom. The summed E-state index contributed by atoms with van der Waals surface area (Å²) in [6.07, 6.45) is 4.05. The van der Waals surface area contributed by atoms with E-state index < -0.39 is 11.4 Å². The number of rotatable bonds is 5. The first-order valence-electron chi connectivity index (χ1n) is 6.15. The van der Waals surface area contributed by atoms with Crippen molar-refractivity contribution in [2.24, 2.45) is 5.73 Å². The third-order valence-electron chi connectivity index (χ3n) is 2.87. The second-order valence-electron chi connectivity index (χ2n) is 4.44. The zero-order valence-electron chi connectivity index (χ0n) is 11.0. The van der Waals surface area contributed by atoms with Crippen LogP contribution in [0.3, 0.4) is 0 Å². The van der Waals surface area contributed by atoms with E-state index in [2.05, 4.69) is 20.3 Å². The normalized spacial score (nSPS) is 13.8. The molecule has 0 unspecified atom stereocenters. The van der Waals surface area contributed by atoms with Crippen molar-refractivity contribution in [3.05, 3.63) is 47.8 Å². The lowest BCUT2D eigenvalue weighted by atomic mass is 9.94. The van der Waals surface area contributed by atoms with Crippen molar-refractivity contribution in [2.45, 2.75) is 12.5 Å². The molecule has 4 N–H and O–H groups in total. The minimum Gasteiger partial charge on any atom is -0.379 e. The monoisotopic (exact) mass is 277 g/mol. The average molecular weight is 277 g/mol. The van der Waals surface area contributed by atoms with Gasteiger partial charge in [-0.3, -0.25) is 4.98 Å². The number of pyridine rings is 1. The molecule has 1 atom stereocenters. The molecule has 2 aromatic rings. The number of nitrogens with two attached hydrogens (primary N) is 1. The molecule has 0 aromatic carbocycles. The summed E-state index contributed by atoms with van der Waals surface area (Å²) in [6.45, 7) is 2.59. The number of nitrogens with zero attached hydrogens (tertiary/aromatic N) is 3. The van der Waals surface area contributed by atoms with Gasteiger partial charge in [0.05, 0.1) is 11.9 Å². The molecule has 0 fully saturated rings. The predicted molar refractivity (Wildman–Crippen MR) is 72.4 cm³/mol. The molecule has 7 heteroatoms. The molecule has 20 heavy (non-hydrogen) atoms. The molecular weight excluding hydrogens is 261 g/mol. The maximum atomic E-state index is 12.9. The Labute approximate surface area is 115 Å². The van der Waals surface area contributed by atoms with Gasteiger partial charge in [0.2, 0.25) is 5.95 Å². The highest BCUT2D eigenvalue weighted by atomic mass is 19.1. The van der Waals surface area contributed by atoms with E-state index in [1.165, 1.54) is 24.5 Å². The highest BCUT2D eigenvalue weighted by molar-refractivity contribution is 5.31. The van der Waals surface area contributed by atoms with Gasteiger partial charge in [-0.2, -0.15) is 0 Å². The smallest absolute Gasteiger partial charge is 0.222 e. The first-order valence-corrected chi connectivity index (χ1v) is 6.15. The van der Waals surface area contributed by atoms with Crippen LogP contribution in [0, 0.1) is 5.82 Å². The Hall–Kier alpha value is -2.12. The maximum absolute atomic E-state index is 12.9. The van der Waals surface area contributed by atoms with Crippen molar-refractivity contribution in [3.63, 3.8) is 0 Å². The van der Waals surface area contributed by atoms with Gasteiger partial charge in [0.15, 0.2) is 0 Å². The topological polar surface area (TPSA) is 97.0 Å². The number of anilines is 1. The molecule has 0 aliphatic heterocycles. The molecule has 0 bridgehead atoms. The zero-order chi connectivity index (χ0) is 14.6. The van der Waals surface area contributed by atoms with Crippen LogP contribution in [0.1, 0.15) is 18.2 Å². The second-order valence-corrected chi connectivity index (χ2v) is 4.44. The Morgan fingerprint density at radius 2 is 1.95 bits per heavy atom. The molecular formula is C13H16FN5O. The first kappa shape index (κ1) is 14.3. The molecule has 0 amide bonds. The van der Waals surface area contributed by atoms with Crippen molar-refractivity contribution >= 4 is 5.95 Å². The molecule has 2 aromatic heterocycles. The fourth-order valence-corrected chi connectivity index (χ4v) is 1.67. The summed E-state index contributed by atoms with van der Waals surface area (Å²) >= 11 is 0. The summed E-state index contributed by atoms with van der Waals surface area (Å²) in [5.74, 6) is -0.0239. The Bertz CT molecular complexity index is 556. The molecule has 0 saturated heterocycles. The Morgan fingerprint density at radius 3 is 2.50 bits per heavy atom. The summed E-state index contributed by atoms with van der Waals surface area (Å²) in [7, 11) is 0. The van der Waals surface area contributed by atoms with Crippen molar-refractivity contribution in [1.29, 1.82) is 0 Å². The molecule has 0 aliphatic carbocycles. The molecule has 0 aliphatic rings. The predicted octanol–water partition coefficient (Wildman–Crippen LogP) is 0.637. The van der Waals surface area contributed by atoms with Crippen LogP contribution >= 0.6 is 0 Å². The van der Waals surface area contributed by atoms with Gasteiger partial charge in [0.25, 0.3) is 0 Å². The molecule has 106 valence electrons. The SMILES string of the molecule is C[C@@](O)(c1cnc(NCCN)nc1)c1ccc(F)cn1. The van der Waals surface area contributed by atoms with Gasteiger partial charge in [-0.1, -0.05) is 0 Å². The van der Waals surface area contributed by atoms with E-state index in [-0.39, 0.29) is 0 Å². The number of hydrogen-bond acceptors (Lipinski definition) is 6. The number of hydrogen-bond donors (Lipinski definition) is 3. The molecule has 2 rings (SSSR count). The van der Waals surface area contributed by atoms with Gasteiger partial charge in [-0.25, -0.2) is 14.4 Å². The fraction of sp³-hybridized carbons (Fsp3) is 0.308. The summed E-state index contributed by atoms with van der Waals surface area (Å²) in [4.78, 5) is 12.1. The fourth-order valence-electron chi connectivity index (χ4n) is 1.67. The van der Waals surface area contributed by atoms with Crippen LogP contribution in [0.5, 0.6) is 0 Å². The first-order chi connectivity index (χ1) is 9.54. The van der Waals surface area contributed by atoms with Gasteiger partial charge >= 0.3 is 0 Å². The lowest BCUT2D eigenvalue weighted by Crippen LogP contribution is -2.25. The largest absolute Gasteiger partial charge is 0.379 e. The van der Waals surface area contributed by atoms with E-state index in [9.17, 15) is 9.50 Å². The molecule has 0 spiro atoms. The second kappa shape index (κ2) is 5.89. The molecule has 0 saturated carbocycles. The van der Waals surface area contributed by atoms with Crippen LogP contribution in [0.2, 0.25) is 0 Å². The van der Waals surface area contributed by atoms with Gasteiger partial charge < -0.3 is 16.2 Å². The van der Waals surface area contributed by atoms with E-state index in [0.717, 1.165) is 6.20 Å². The Kier molecular flexibility index (Phi) is 4.21. The number of aliphatic hydroxyl groups is 1. The van der Waals surface area contributed by atoms with Crippen molar-refractivity contribution < 1.29 is 9.50 Å². The molecule has 2 heterocycles. The molecule has 0 radical (unpaired) electrons. The van der Waals surface area contributed by atoms with Crippen LogP contribution in [0.4, 0.5) is 10.3 Å². The molecule has 6 nitrogen and oxygen atoms in total. The number of nitrogens with one attached hydrogen (secondary N) is 1. The third kappa shape index (κ3) is 3.06.